The number of likely N-dealkylation sites (tertiary alicyclic amines) is 1. The fourth-order valence-corrected chi connectivity index (χ4v) is 5.22. The quantitative estimate of drug-likeness (QED) is 0.383. The topological polar surface area (TPSA) is 130 Å². The smallest absolute Gasteiger partial charge is 0.289 e. The highest BCUT2D eigenvalue weighted by molar-refractivity contribution is 7.09. The molecule has 2 aromatic heterocycles. The number of benzene rings is 2. The van der Waals surface area contributed by atoms with Gasteiger partial charge in [0.25, 0.3) is 11.8 Å². The molecule has 36 heavy (non-hydrogen) atoms. The summed E-state index contributed by atoms with van der Waals surface area (Å²) in [6, 6.07) is 12.0. The molecule has 1 aliphatic rings. The van der Waals surface area contributed by atoms with E-state index >= 15 is 0 Å². The summed E-state index contributed by atoms with van der Waals surface area (Å²) in [6.45, 7) is 1.24. The van der Waals surface area contributed by atoms with Crippen LogP contribution in [-0.4, -0.2) is 51.0 Å². The molecular weight excluding hydrogens is 504 g/mol. The molecule has 0 bridgehead atoms. The lowest BCUT2D eigenvalue weighted by Gasteiger charge is -2.31. The maximum atomic E-state index is 12.7. The minimum absolute atomic E-state index is 0.0514. The summed E-state index contributed by atoms with van der Waals surface area (Å²) in [4.78, 5) is 43.9. The van der Waals surface area contributed by atoms with Gasteiger partial charge in [-0.25, -0.2) is 9.61 Å². The Kier molecular flexibility index (Phi) is 6.92. The van der Waals surface area contributed by atoms with Crippen LogP contribution in [0.25, 0.3) is 11.0 Å². The number of rotatable bonds is 5. The van der Waals surface area contributed by atoms with Crippen molar-refractivity contribution in [3.8, 4) is 0 Å². The van der Waals surface area contributed by atoms with E-state index in [0.29, 0.717) is 34.7 Å². The molecule has 0 saturated carbocycles. The molecule has 1 aliphatic heterocycles. The SMILES string of the molecule is O=C(NNC(=O)c1csc(C2CCN(C(=O)Cc3ccccc3Cl)CC2)n1)c1ccc2nonc2c1. The van der Waals surface area contributed by atoms with Crippen LogP contribution >= 0.6 is 22.9 Å². The summed E-state index contributed by atoms with van der Waals surface area (Å²) >= 11 is 7.58. The van der Waals surface area contributed by atoms with Gasteiger partial charge in [0.15, 0.2) is 0 Å². The molecule has 12 heteroatoms. The zero-order valence-corrected chi connectivity index (χ0v) is 20.5. The molecule has 1 saturated heterocycles. The zero-order chi connectivity index (χ0) is 25.1. The van der Waals surface area contributed by atoms with Crippen LogP contribution < -0.4 is 10.9 Å². The molecule has 0 spiro atoms. The predicted molar refractivity (Wildman–Crippen MR) is 133 cm³/mol. The third-order valence-electron chi connectivity index (χ3n) is 6.06. The molecule has 1 fully saturated rings. The molecule has 2 aromatic carbocycles. The second kappa shape index (κ2) is 10.4. The van der Waals surface area contributed by atoms with Gasteiger partial charge in [0.1, 0.15) is 16.7 Å². The van der Waals surface area contributed by atoms with E-state index < -0.39 is 11.8 Å². The van der Waals surface area contributed by atoms with Crippen LogP contribution in [0.3, 0.4) is 0 Å². The van der Waals surface area contributed by atoms with E-state index in [1.54, 1.807) is 23.6 Å². The van der Waals surface area contributed by atoms with Crippen LogP contribution in [0.2, 0.25) is 5.02 Å². The Morgan fingerprint density at radius 1 is 1.03 bits per heavy atom. The molecular formula is C24H21ClN6O4S. The molecule has 5 rings (SSSR count). The van der Waals surface area contributed by atoms with Gasteiger partial charge in [-0.2, -0.15) is 0 Å². The van der Waals surface area contributed by atoms with Gasteiger partial charge in [-0.1, -0.05) is 29.8 Å². The van der Waals surface area contributed by atoms with Crippen molar-refractivity contribution >= 4 is 51.7 Å². The van der Waals surface area contributed by atoms with Crippen LogP contribution in [0.15, 0.2) is 52.5 Å². The van der Waals surface area contributed by atoms with Crippen molar-refractivity contribution < 1.29 is 19.0 Å². The lowest BCUT2D eigenvalue weighted by molar-refractivity contribution is -0.131. The Morgan fingerprint density at radius 3 is 2.58 bits per heavy atom. The standard InChI is InChI=1S/C24H21ClN6O4S/c25-17-4-2-1-3-15(17)12-21(32)31-9-7-14(8-10-31)24-26-20(13-36-24)23(34)28-27-22(33)16-5-6-18-19(11-16)30-35-29-18/h1-6,11,13-14H,7-10,12H2,(H,27,33)(H,28,34). The lowest BCUT2D eigenvalue weighted by atomic mass is 9.97. The number of halogens is 1. The normalized spacial score (nSPS) is 14.1. The average molecular weight is 525 g/mol. The Labute approximate surface area is 214 Å². The summed E-state index contributed by atoms with van der Waals surface area (Å²) in [5.41, 5.74) is 7.08. The van der Waals surface area contributed by atoms with E-state index in [0.717, 1.165) is 23.4 Å². The predicted octanol–water partition coefficient (Wildman–Crippen LogP) is 3.36. The summed E-state index contributed by atoms with van der Waals surface area (Å²) in [5.74, 6) is -0.798. The molecule has 10 nitrogen and oxygen atoms in total. The molecule has 2 N–H and O–H groups in total. The van der Waals surface area contributed by atoms with Crippen molar-refractivity contribution in [1.29, 1.82) is 0 Å². The number of carbonyl (C=O) groups is 3. The number of thiazole rings is 1. The number of amides is 3. The van der Waals surface area contributed by atoms with Gasteiger partial charge in [0.05, 0.1) is 11.4 Å². The van der Waals surface area contributed by atoms with E-state index in [2.05, 4.69) is 30.8 Å². The van der Waals surface area contributed by atoms with Crippen molar-refractivity contribution in [2.45, 2.75) is 25.2 Å². The van der Waals surface area contributed by atoms with E-state index in [9.17, 15) is 14.4 Å². The Hall–Kier alpha value is -3.83. The molecule has 4 aromatic rings. The average Bonchev–Trinajstić information content (AvgIpc) is 3.58. The molecule has 0 radical (unpaired) electrons. The number of piperidine rings is 1. The summed E-state index contributed by atoms with van der Waals surface area (Å²) in [7, 11) is 0. The van der Waals surface area contributed by atoms with Crippen molar-refractivity contribution in [3.05, 3.63) is 74.7 Å². The third kappa shape index (κ3) is 5.21. The maximum absolute atomic E-state index is 12.7. The van der Waals surface area contributed by atoms with Gasteiger partial charge in [-0.3, -0.25) is 25.2 Å². The molecule has 3 heterocycles. The van der Waals surface area contributed by atoms with Crippen LogP contribution in [0.4, 0.5) is 0 Å². The number of hydrazine groups is 1. The van der Waals surface area contributed by atoms with Crippen LogP contribution in [-0.2, 0) is 11.2 Å². The van der Waals surface area contributed by atoms with Gasteiger partial charge in [-0.15, -0.1) is 11.3 Å². The van der Waals surface area contributed by atoms with Gasteiger partial charge < -0.3 is 4.90 Å². The monoisotopic (exact) mass is 524 g/mol. The number of nitrogens with one attached hydrogen (secondary N) is 2. The van der Waals surface area contributed by atoms with Crippen molar-refractivity contribution in [1.82, 2.24) is 31.0 Å². The molecule has 0 unspecified atom stereocenters. The Bertz CT molecular complexity index is 1430. The van der Waals surface area contributed by atoms with Crippen LogP contribution in [0.5, 0.6) is 0 Å². The fourth-order valence-electron chi connectivity index (χ4n) is 4.04. The van der Waals surface area contributed by atoms with Gasteiger partial charge in [-0.05, 0) is 53.0 Å². The minimum atomic E-state index is -0.512. The number of carbonyl (C=O) groups excluding carboxylic acids is 3. The number of fused-ring (bicyclic) bond motifs is 1. The molecule has 184 valence electrons. The highest BCUT2D eigenvalue weighted by Gasteiger charge is 2.26. The fraction of sp³-hybridized carbons (Fsp3) is 0.250. The van der Waals surface area contributed by atoms with Gasteiger partial charge >= 0.3 is 0 Å². The largest absolute Gasteiger partial charge is 0.342 e. The zero-order valence-electron chi connectivity index (χ0n) is 18.9. The first-order chi connectivity index (χ1) is 17.5. The van der Waals surface area contributed by atoms with Crippen LogP contribution in [0.1, 0.15) is 50.2 Å². The highest BCUT2D eigenvalue weighted by Crippen LogP contribution is 2.30. The van der Waals surface area contributed by atoms with Crippen molar-refractivity contribution in [3.63, 3.8) is 0 Å². The van der Waals surface area contributed by atoms with Gasteiger partial charge in [0, 0.05) is 35.0 Å². The Balaban J connectivity index is 1.12. The molecule has 3 amide bonds. The van der Waals surface area contributed by atoms with E-state index in [1.165, 1.54) is 17.4 Å². The summed E-state index contributed by atoms with van der Waals surface area (Å²) in [5, 5.41) is 10.5. The summed E-state index contributed by atoms with van der Waals surface area (Å²) in [6.07, 6.45) is 1.80. The third-order valence-corrected chi connectivity index (χ3v) is 7.43. The van der Waals surface area contributed by atoms with Crippen molar-refractivity contribution in [2.75, 3.05) is 13.1 Å². The minimum Gasteiger partial charge on any atom is -0.342 e. The number of hydrogen-bond donors (Lipinski definition) is 2. The summed E-state index contributed by atoms with van der Waals surface area (Å²) < 4.78 is 4.62. The van der Waals surface area contributed by atoms with E-state index in [4.69, 9.17) is 11.6 Å². The first-order valence-corrected chi connectivity index (χ1v) is 12.5. The van der Waals surface area contributed by atoms with Crippen molar-refractivity contribution in [2.24, 2.45) is 0 Å². The number of hydrogen-bond acceptors (Lipinski definition) is 8. The number of aromatic nitrogens is 3. The van der Waals surface area contributed by atoms with Gasteiger partial charge in [0.2, 0.25) is 5.91 Å². The first-order valence-electron chi connectivity index (χ1n) is 11.3. The van der Waals surface area contributed by atoms with Crippen LogP contribution in [0, 0.1) is 0 Å². The lowest BCUT2D eigenvalue weighted by Crippen LogP contribution is -2.41. The molecule has 0 atom stereocenters. The molecule has 0 aliphatic carbocycles. The second-order valence-corrected chi connectivity index (χ2v) is 9.67. The van der Waals surface area contributed by atoms with E-state index in [-0.39, 0.29) is 23.9 Å². The second-order valence-electron chi connectivity index (χ2n) is 8.37. The first kappa shape index (κ1) is 23.9. The maximum Gasteiger partial charge on any atom is 0.289 e. The highest BCUT2D eigenvalue weighted by atomic mass is 35.5. The number of nitrogens with zero attached hydrogens (tertiary/aromatic N) is 4. The Morgan fingerprint density at radius 2 is 1.78 bits per heavy atom. The van der Waals surface area contributed by atoms with E-state index in [1.807, 2.05) is 23.1 Å².